The fourth-order valence-electron chi connectivity index (χ4n) is 3.26. The van der Waals surface area contributed by atoms with Crippen LogP contribution in [-0.2, 0) is 9.31 Å². The second-order valence-corrected chi connectivity index (χ2v) is 7.32. The van der Waals surface area contributed by atoms with Gasteiger partial charge in [-0.3, -0.25) is 0 Å². The Morgan fingerprint density at radius 3 is 1.61 bits per heavy atom. The van der Waals surface area contributed by atoms with Crippen LogP contribution >= 0.6 is 0 Å². The molecule has 0 amide bonds. The zero-order valence-electron chi connectivity index (χ0n) is 14.1. The Balaban J connectivity index is 2.01. The van der Waals surface area contributed by atoms with Crippen LogP contribution in [0.25, 0.3) is 21.5 Å². The summed E-state index contributed by atoms with van der Waals surface area (Å²) in [7, 11) is -0.351. The van der Waals surface area contributed by atoms with Gasteiger partial charge in [-0.15, -0.1) is 0 Å². The third-order valence-electron chi connectivity index (χ3n) is 5.30. The predicted molar refractivity (Wildman–Crippen MR) is 97.2 cm³/mol. The van der Waals surface area contributed by atoms with Gasteiger partial charge in [0, 0.05) is 0 Å². The lowest BCUT2D eigenvalue weighted by Gasteiger charge is -2.32. The van der Waals surface area contributed by atoms with E-state index in [1.807, 2.05) is 0 Å². The Kier molecular flexibility index (Phi) is 3.09. The summed E-state index contributed by atoms with van der Waals surface area (Å²) in [6.45, 7) is 8.39. The fraction of sp³-hybridized carbons (Fsp3) is 0.300. The summed E-state index contributed by atoms with van der Waals surface area (Å²) in [6, 6.07) is 19.1. The lowest BCUT2D eigenvalue weighted by atomic mass is 9.73. The number of hydrogen-bond donors (Lipinski definition) is 0. The highest BCUT2D eigenvalue weighted by atomic mass is 16.7. The van der Waals surface area contributed by atoms with Crippen molar-refractivity contribution in [2.24, 2.45) is 0 Å². The largest absolute Gasteiger partial charge is 0.496 e. The van der Waals surface area contributed by atoms with Crippen molar-refractivity contribution in [1.29, 1.82) is 0 Å². The molecule has 4 rings (SSSR count). The molecule has 0 unspecified atom stereocenters. The van der Waals surface area contributed by atoms with Gasteiger partial charge in [0.25, 0.3) is 0 Å². The number of rotatable bonds is 1. The SMILES string of the molecule is CC1(C)OB(c2c3ccccc3cc3ccccc23)OC1(C)C. The summed E-state index contributed by atoms with van der Waals surface area (Å²) in [5.74, 6) is 0. The molecule has 0 aliphatic carbocycles. The molecule has 1 saturated heterocycles. The molecule has 1 fully saturated rings. The fourth-order valence-corrected chi connectivity index (χ4v) is 3.26. The summed E-state index contributed by atoms with van der Waals surface area (Å²) in [5.41, 5.74) is 0.461. The third kappa shape index (κ3) is 2.19. The maximum atomic E-state index is 6.34. The normalized spacial score (nSPS) is 19.6. The molecule has 0 atom stereocenters. The predicted octanol–water partition coefficient (Wildman–Crippen LogP) is 4.29. The first-order valence-corrected chi connectivity index (χ1v) is 8.15. The zero-order chi connectivity index (χ0) is 16.2. The van der Waals surface area contributed by atoms with Crippen LogP contribution in [0.15, 0.2) is 54.6 Å². The van der Waals surface area contributed by atoms with E-state index in [-0.39, 0.29) is 18.3 Å². The van der Waals surface area contributed by atoms with E-state index in [1.165, 1.54) is 21.5 Å². The molecule has 1 aliphatic rings. The molecule has 0 aromatic heterocycles. The molecule has 1 heterocycles. The van der Waals surface area contributed by atoms with Crippen molar-refractivity contribution in [3.8, 4) is 0 Å². The standard InChI is InChI=1S/C20H21BO2/c1-19(2)20(3,4)23-21(22-19)18-16-11-7-5-9-14(16)13-15-10-6-8-12-17(15)18/h5-13H,1-4H3. The van der Waals surface area contributed by atoms with Gasteiger partial charge in [-0.05, 0) is 60.8 Å². The molecule has 3 aromatic carbocycles. The minimum atomic E-state index is -0.351. The lowest BCUT2D eigenvalue weighted by Crippen LogP contribution is -2.41. The van der Waals surface area contributed by atoms with E-state index < -0.39 is 0 Å². The van der Waals surface area contributed by atoms with Crippen molar-refractivity contribution < 1.29 is 9.31 Å². The number of fused-ring (bicyclic) bond motifs is 2. The number of benzene rings is 3. The van der Waals surface area contributed by atoms with Crippen molar-refractivity contribution >= 4 is 34.1 Å². The van der Waals surface area contributed by atoms with Crippen LogP contribution in [0.4, 0.5) is 0 Å². The summed E-state index contributed by atoms with van der Waals surface area (Å²) >= 11 is 0. The van der Waals surface area contributed by atoms with E-state index in [4.69, 9.17) is 9.31 Å². The van der Waals surface area contributed by atoms with Gasteiger partial charge < -0.3 is 9.31 Å². The van der Waals surface area contributed by atoms with Crippen molar-refractivity contribution in [2.75, 3.05) is 0 Å². The molecule has 3 heteroatoms. The molecular formula is C20H21BO2. The van der Waals surface area contributed by atoms with Crippen LogP contribution in [0.1, 0.15) is 27.7 Å². The van der Waals surface area contributed by atoms with E-state index in [2.05, 4.69) is 82.3 Å². The first-order chi connectivity index (χ1) is 10.9. The van der Waals surface area contributed by atoms with Crippen molar-refractivity contribution in [2.45, 2.75) is 38.9 Å². The van der Waals surface area contributed by atoms with E-state index in [1.54, 1.807) is 0 Å². The summed E-state index contributed by atoms with van der Waals surface area (Å²) in [4.78, 5) is 0. The monoisotopic (exact) mass is 304 g/mol. The Hall–Kier alpha value is -1.84. The molecule has 3 aromatic rings. The van der Waals surface area contributed by atoms with Crippen LogP contribution in [0, 0.1) is 0 Å². The molecule has 2 nitrogen and oxygen atoms in total. The van der Waals surface area contributed by atoms with Crippen LogP contribution in [-0.4, -0.2) is 18.3 Å². The average Bonchev–Trinajstić information content (AvgIpc) is 2.72. The highest BCUT2D eigenvalue weighted by Crippen LogP contribution is 2.37. The Morgan fingerprint density at radius 1 is 0.696 bits per heavy atom. The lowest BCUT2D eigenvalue weighted by molar-refractivity contribution is 0.00578. The second kappa shape index (κ2) is 4.83. The van der Waals surface area contributed by atoms with Crippen LogP contribution in [0.5, 0.6) is 0 Å². The molecular weight excluding hydrogens is 283 g/mol. The van der Waals surface area contributed by atoms with Gasteiger partial charge >= 0.3 is 7.12 Å². The summed E-state index contributed by atoms with van der Waals surface area (Å²) < 4.78 is 12.7. The van der Waals surface area contributed by atoms with Gasteiger partial charge in [0.05, 0.1) is 11.2 Å². The van der Waals surface area contributed by atoms with Gasteiger partial charge in [0.15, 0.2) is 0 Å². The molecule has 0 N–H and O–H groups in total. The maximum absolute atomic E-state index is 6.34. The minimum Gasteiger partial charge on any atom is -0.399 e. The van der Waals surface area contributed by atoms with Gasteiger partial charge in [-0.1, -0.05) is 48.5 Å². The van der Waals surface area contributed by atoms with Crippen LogP contribution < -0.4 is 5.46 Å². The van der Waals surface area contributed by atoms with Crippen LogP contribution in [0.3, 0.4) is 0 Å². The molecule has 0 bridgehead atoms. The number of hydrogen-bond acceptors (Lipinski definition) is 2. The van der Waals surface area contributed by atoms with Gasteiger partial charge in [0.1, 0.15) is 0 Å². The van der Waals surface area contributed by atoms with E-state index >= 15 is 0 Å². The van der Waals surface area contributed by atoms with Gasteiger partial charge in [-0.2, -0.15) is 0 Å². The third-order valence-corrected chi connectivity index (χ3v) is 5.30. The van der Waals surface area contributed by atoms with E-state index in [0.717, 1.165) is 5.46 Å². The average molecular weight is 304 g/mol. The highest BCUT2D eigenvalue weighted by molar-refractivity contribution is 6.68. The first kappa shape index (κ1) is 14.7. The molecule has 1 aliphatic heterocycles. The van der Waals surface area contributed by atoms with Crippen molar-refractivity contribution in [3.05, 3.63) is 54.6 Å². The minimum absolute atomic E-state index is 0.338. The highest BCUT2D eigenvalue weighted by Gasteiger charge is 2.52. The van der Waals surface area contributed by atoms with Crippen molar-refractivity contribution in [1.82, 2.24) is 0 Å². The second-order valence-electron chi connectivity index (χ2n) is 7.32. The molecule has 116 valence electrons. The molecule has 0 radical (unpaired) electrons. The van der Waals surface area contributed by atoms with Gasteiger partial charge in [0.2, 0.25) is 0 Å². The Labute approximate surface area is 137 Å². The Bertz CT molecular complexity index is 828. The Morgan fingerprint density at radius 2 is 1.13 bits per heavy atom. The zero-order valence-corrected chi connectivity index (χ0v) is 14.1. The van der Waals surface area contributed by atoms with E-state index in [0.29, 0.717) is 0 Å². The molecule has 0 spiro atoms. The quantitative estimate of drug-likeness (QED) is 0.493. The van der Waals surface area contributed by atoms with E-state index in [9.17, 15) is 0 Å². The molecule has 23 heavy (non-hydrogen) atoms. The van der Waals surface area contributed by atoms with Crippen LogP contribution in [0.2, 0.25) is 0 Å². The summed E-state index contributed by atoms with van der Waals surface area (Å²) in [5, 5.41) is 4.83. The smallest absolute Gasteiger partial charge is 0.399 e. The topological polar surface area (TPSA) is 18.5 Å². The molecule has 0 saturated carbocycles. The summed E-state index contributed by atoms with van der Waals surface area (Å²) in [6.07, 6.45) is 0. The van der Waals surface area contributed by atoms with Crippen molar-refractivity contribution in [3.63, 3.8) is 0 Å². The van der Waals surface area contributed by atoms with Gasteiger partial charge in [-0.25, -0.2) is 0 Å². The maximum Gasteiger partial charge on any atom is 0.496 e. The first-order valence-electron chi connectivity index (χ1n) is 8.15.